The Labute approximate surface area is 189 Å². The van der Waals surface area contributed by atoms with Crippen molar-refractivity contribution < 1.29 is 27.4 Å². The van der Waals surface area contributed by atoms with E-state index in [2.05, 4.69) is 25.0 Å². The summed E-state index contributed by atoms with van der Waals surface area (Å²) in [4.78, 5) is 22.6. The van der Waals surface area contributed by atoms with Gasteiger partial charge in [0.15, 0.2) is 0 Å². The van der Waals surface area contributed by atoms with Gasteiger partial charge in [0.2, 0.25) is 18.2 Å². The zero-order valence-electron chi connectivity index (χ0n) is 18.3. The van der Waals surface area contributed by atoms with Gasteiger partial charge < -0.3 is 20.5 Å². The van der Waals surface area contributed by atoms with Gasteiger partial charge in [0, 0.05) is 25.5 Å². The van der Waals surface area contributed by atoms with Crippen molar-refractivity contribution in [3.8, 4) is 28.3 Å². The van der Waals surface area contributed by atoms with Gasteiger partial charge in [-0.05, 0) is 48.9 Å². The molecule has 0 aliphatic carbocycles. The summed E-state index contributed by atoms with van der Waals surface area (Å²) in [6, 6.07) is 8.27. The second-order valence-corrected chi connectivity index (χ2v) is 6.67. The van der Waals surface area contributed by atoms with E-state index < -0.39 is 17.9 Å². The third kappa shape index (κ3) is 7.14. The number of anilines is 1. The Balaban J connectivity index is 0.00000122. The van der Waals surface area contributed by atoms with Crippen molar-refractivity contribution >= 4 is 12.4 Å². The third-order valence-corrected chi connectivity index (χ3v) is 4.06. The lowest BCUT2D eigenvalue weighted by molar-refractivity contribution is -0.109. The molecule has 0 saturated heterocycles. The third-order valence-electron chi connectivity index (χ3n) is 4.06. The van der Waals surface area contributed by atoms with Crippen LogP contribution in [0.15, 0.2) is 36.4 Å². The van der Waals surface area contributed by atoms with E-state index in [1.54, 1.807) is 27.2 Å². The molecule has 0 fully saturated rings. The lowest BCUT2D eigenvalue weighted by atomic mass is 9.99. The summed E-state index contributed by atoms with van der Waals surface area (Å²) < 4.78 is 50.0. The fraction of sp³-hybridized carbons (Fsp3) is 0.273. The second-order valence-electron chi connectivity index (χ2n) is 6.67. The summed E-state index contributed by atoms with van der Waals surface area (Å²) in [5, 5.41) is 2.45. The molecule has 0 unspecified atom stereocenters. The molecular weight excluding hydrogens is 439 g/mol. The zero-order valence-corrected chi connectivity index (χ0v) is 18.3. The van der Waals surface area contributed by atoms with Gasteiger partial charge in [-0.2, -0.15) is 4.98 Å². The average molecular weight is 463 g/mol. The molecule has 0 atom stereocenters. The van der Waals surface area contributed by atoms with Crippen molar-refractivity contribution in [3.05, 3.63) is 53.6 Å². The molecule has 2 aromatic heterocycles. The van der Waals surface area contributed by atoms with Gasteiger partial charge in [-0.3, -0.25) is 9.78 Å². The molecule has 0 aliphatic heterocycles. The van der Waals surface area contributed by atoms with E-state index in [0.29, 0.717) is 28.8 Å². The van der Waals surface area contributed by atoms with Crippen molar-refractivity contribution in [3.63, 3.8) is 0 Å². The van der Waals surface area contributed by atoms with Crippen LogP contribution in [0.2, 0.25) is 0 Å². The zero-order chi connectivity index (χ0) is 24.4. The molecule has 33 heavy (non-hydrogen) atoms. The summed E-state index contributed by atoms with van der Waals surface area (Å²) in [6.45, 7) is 1.83. The Hall–Kier alpha value is -3.73. The number of nitrogen functional groups attached to an aromatic ring is 1. The Morgan fingerprint density at radius 1 is 1.09 bits per heavy atom. The molecule has 0 spiro atoms. The maximum atomic E-state index is 13.4. The molecule has 3 aromatic rings. The highest BCUT2D eigenvalue weighted by atomic mass is 19.3. The van der Waals surface area contributed by atoms with Crippen molar-refractivity contribution in [1.29, 1.82) is 0 Å². The van der Waals surface area contributed by atoms with Crippen LogP contribution in [0.1, 0.15) is 17.8 Å². The summed E-state index contributed by atoms with van der Waals surface area (Å²) in [7, 11) is 3.25. The Morgan fingerprint density at radius 3 is 2.36 bits per heavy atom. The first-order valence-electron chi connectivity index (χ1n) is 9.71. The average Bonchev–Trinajstić information content (AvgIpc) is 2.77. The van der Waals surface area contributed by atoms with E-state index in [9.17, 15) is 18.0 Å². The van der Waals surface area contributed by atoms with Gasteiger partial charge in [-0.1, -0.05) is 0 Å². The number of methoxy groups -OCH3 is 1. The number of rotatable bonds is 8. The molecule has 11 heteroatoms. The van der Waals surface area contributed by atoms with Crippen LogP contribution in [0, 0.1) is 12.7 Å². The number of halogens is 3. The number of benzene rings is 1. The molecule has 0 radical (unpaired) electrons. The number of aromatic nitrogens is 3. The quantitative estimate of drug-likeness (QED) is 0.388. The SMILES string of the molecule is COC.Cc1cc(-c2c(OCCNC=O)nc(N)nc2-c2ccc(F)cc2)cc(C(F)F)n1. The highest BCUT2D eigenvalue weighted by molar-refractivity contribution is 5.85. The molecule has 0 saturated carbocycles. The van der Waals surface area contributed by atoms with Crippen molar-refractivity contribution in [2.24, 2.45) is 0 Å². The van der Waals surface area contributed by atoms with E-state index in [0.717, 1.165) is 0 Å². The monoisotopic (exact) mass is 463 g/mol. The number of hydrogen-bond donors (Lipinski definition) is 2. The minimum absolute atomic E-state index is 0.0420. The Morgan fingerprint density at radius 2 is 1.76 bits per heavy atom. The molecule has 176 valence electrons. The number of alkyl halides is 2. The normalized spacial score (nSPS) is 10.4. The minimum Gasteiger partial charge on any atom is -0.475 e. The molecule has 1 aromatic carbocycles. The van der Waals surface area contributed by atoms with Gasteiger partial charge in [-0.25, -0.2) is 18.2 Å². The largest absolute Gasteiger partial charge is 0.475 e. The number of pyridine rings is 1. The van der Waals surface area contributed by atoms with E-state index in [1.165, 1.54) is 30.3 Å². The molecule has 0 aliphatic rings. The molecule has 3 N–H and O–H groups in total. The number of aryl methyl sites for hydroxylation is 1. The maximum Gasteiger partial charge on any atom is 0.280 e. The summed E-state index contributed by atoms with van der Waals surface area (Å²) >= 11 is 0. The summed E-state index contributed by atoms with van der Waals surface area (Å²) in [6.07, 6.45) is -2.27. The predicted octanol–water partition coefficient (Wildman–Crippen LogP) is 3.56. The number of hydrogen-bond acceptors (Lipinski definition) is 7. The van der Waals surface area contributed by atoms with E-state index in [4.69, 9.17) is 10.5 Å². The van der Waals surface area contributed by atoms with Crippen molar-refractivity contribution in [2.75, 3.05) is 33.1 Å². The highest BCUT2D eigenvalue weighted by Crippen LogP contribution is 2.39. The highest BCUT2D eigenvalue weighted by Gasteiger charge is 2.21. The fourth-order valence-electron chi connectivity index (χ4n) is 2.85. The number of carbonyl (C=O) groups is 1. The van der Waals surface area contributed by atoms with Crippen LogP contribution in [-0.2, 0) is 9.53 Å². The lowest BCUT2D eigenvalue weighted by Gasteiger charge is -2.16. The summed E-state index contributed by atoms with van der Waals surface area (Å²) in [5.41, 5.74) is 7.19. The number of nitrogens with two attached hydrogens (primary N) is 1. The van der Waals surface area contributed by atoms with Gasteiger partial charge >= 0.3 is 0 Å². The topological polar surface area (TPSA) is 112 Å². The van der Waals surface area contributed by atoms with Crippen LogP contribution in [0.3, 0.4) is 0 Å². The smallest absolute Gasteiger partial charge is 0.280 e. The van der Waals surface area contributed by atoms with Crippen LogP contribution in [0.5, 0.6) is 5.88 Å². The summed E-state index contributed by atoms with van der Waals surface area (Å²) in [5.74, 6) is -0.518. The molecule has 0 bridgehead atoms. The molecule has 8 nitrogen and oxygen atoms in total. The van der Waals surface area contributed by atoms with Gasteiger partial charge in [0.05, 0.1) is 17.8 Å². The van der Waals surface area contributed by atoms with Crippen molar-refractivity contribution in [2.45, 2.75) is 13.3 Å². The van der Waals surface area contributed by atoms with Crippen LogP contribution >= 0.6 is 0 Å². The van der Waals surface area contributed by atoms with Gasteiger partial charge in [-0.15, -0.1) is 0 Å². The molecule has 1 amide bonds. The van der Waals surface area contributed by atoms with Gasteiger partial charge in [0.1, 0.15) is 18.1 Å². The maximum absolute atomic E-state index is 13.4. The van der Waals surface area contributed by atoms with E-state index >= 15 is 0 Å². The van der Waals surface area contributed by atoms with E-state index in [1.807, 2.05) is 0 Å². The first kappa shape index (κ1) is 25.5. The standard InChI is InChI=1S/C20H18F3N5O2.C2H6O/c1-11-8-13(9-15(26-11)18(22)23)16-17(12-2-4-14(21)5-3-12)27-20(24)28-19(16)30-7-6-25-10-29;1-3-2/h2-5,8-10,18H,6-7H2,1H3,(H,25,29)(H2,24,27,28);1-2H3. The van der Waals surface area contributed by atoms with Crippen molar-refractivity contribution in [1.82, 2.24) is 20.3 Å². The first-order chi connectivity index (χ1) is 15.8. The number of ether oxygens (including phenoxy) is 2. The van der Waals surface area contributed by atoms with Crippen LogP contribution < -0.4 is 15.8 Å². The van der Waals surface area contributed by atoms with Crippen LogP contribution in [-0.4, -0.2) is 48.7 Å². The Kier molecular flexibility index (Phi) is 9.55. The van der Waals surface area contributed by atoms with E-state index in [-0.39, 0.29) is 30.7 Å². The number of amides is 1. The first-order valence-corrected chi connectivity index (χ1v) is 9.71. The molecule has 2 heterocycles. The number of nitrogens with one attached hydrogen (secondary N) is 1. The number of carbonyl (C=O) groups excluding carboxylic acids is 1. The fourth-order valence-corrected chi connectivity index (χ4v) is 2.85. The number of nitrogens with zero attached hydrogens (tertiary/aromatic N) is 3. The predicted molar refractivity (Wildman–Crippen MR) is 117 cm³/mol. The van der Waals surface area contributed by atoms with Crippen LogP contribution in [0.4, 0.5) is 19.1 Å². The minimum atomic E-state index is -2.78. The van der Waals surface area contributed by atoms with Crippen LogP contribution in [0.25, 0.3) is 22.4 Å². The molecular formula is C22H24F3N5O3. The molecule has 3 rings (SSSR count). The second kappa shape index (κ2) is 12.3. The lowest BCUT2D eigenvalue weighted by Crippen LogP contribution is -2.20. The Bertz CT molecular complexity index is 1070. The van der Waals surface area contributed by atoms with Gasteiger partial charge in [0.25, 0.3) is 6.43 Å².